The quantitative estimate of drug-likeness (QED) is 0.788. The van der Waals surface area contributed by atoms with Crippen LogP contribution < -0.4 is 10.6 Å². The molecular weight excluding hydrogens is 366 g/mol. The van der Waals surface area contributed by atoms with Gasteiger partial charge in [0, 0.05) is 6.20 Å². The monoisotopic (exact) mass is 375 g/mol. The fourth-order valence-electron chi connectivity index (χ4n) is 1.30. The van der Waals surface area contributed by atoms with Crippen LogP contribution in [0.3, 0.4) is 0 Å². The van der Waals surface area contributed by atoms with Crippen LogP contribution in [-0.4, -0.2) is 34.0 Å². The summed E-state index contributed by atoms with van der Waals surface area (Å²) in [5, 5.41) is 9.70. The zero-order chi connectivity index (χ0) is 14.8. The maximum absolute atomic E-state index is 11.3. The number of anilines is 2. The predicted molar refractivity (Wildman–Crippen MR) is 84.2 cm³/mol. The maximum atomic E-state index is 11.3. The number of thiocarbonyl (C=S) groups is 1. The van der Waals surface area contributed by atoms with Crippen LogP contribution in [0.15, 0.2) is 35.2 Å². The lowest BCUT2D eigenvalue weighted by atomic mass is 10.5. The van der Waals surface area contributed by atoms with E-state index < -0.39 is 10.0 Å². The van der Waals surface area contributed by atoms with Crippen molar-refractivity contribution >= 4 is 54.8 Å². The summed E-state index contributed by atoms with van der Waals surface area (Å²) in [6.07, 6.45) is 5.38. The van der Waals surface area contributed by atoms with Crippen LogP contribution >= 0.6 is 28.1 Å². The normalized spacial score (nSPS) is 11.1. The van der Waals surface area contributed by atoms with Crippen molar-refractivity contribution in [2.75, 3.05) is 16.9 Å². The SMILES string of the molecule is CS(=O)(=O)n1cc(NC(=S)Nc2ncccc2Br)cn1. The largest absolute Gasteiger partial charge is 0.330 e. The third-order valence-electron chi connectivity index (χ3n) is 2.15. The van der Waals surface area contributed by atoms with Crippen molar-refractivity contribution in [3.63, 3.8) is 0 Å². The highest BCUT2D eigenvalue weighted by atomic mass is 79.9. The summed E-state index contributed by atoms with van der Waals surface area (Å²) in [6.45, 7) is 0. The van der Waals surface area contributed by atoms with Crippen molar-refractivity contribution in [2.45, 2.75) is 0 Å². The third-order valence-corrected chi connectivity index (χ3v) is 3.87. The van der Waals surface area contributed by atoms with Gasteiger partial charge in [-0.05, 0) is 40.3 Å². The molecular formula is C10H10BrN5O2S2. The average molecular weight is 376 g/mol. The Morgan fingerprint density at radius 2 is 2.20 bits per heavy atom. The molecule has 0 aromatic carbocycles. The predicted octanol–water partition coefficient (Wildman–Crippen LogP) is 1.66. The van der Waals surface area contributed by atoms with E-state index in [9.17, 15) is 8.42 Å². The molecule has 0 fully saturated rings. The highest BCUT2D eigenvalue weighted by Gasteiger charge is 2.09. The molecule has 0 atom stereocenters. The first kappa shape index (κ1) is 14.9. The fourth-order valence-corrected chi connectivity index (χ4v) is 2.39. The van der Waals surface area contributed by atoms with Crippen molar-refractivity contribution in [1.82, 2.24) is 14.2 Å². The van der Waals surface area contributed by atoms with E-state index in [4.69, 9.17) is 12.2 Å². The molecule has 10 heteroatoms. The van der Waals surface area contributed by atoms with Crippen molar-refractivity contribution in [2.24, 2.45) is 0 Å². The minimum Gasteiger partial charge on any atom is -0.330 e. The minimum atomic E-state index is -3.40. The molecule has 2 aromatic rings. The number of rotatable bonds is 3. The van der Waals surface area contributed by atoms with Gasteiger partial charge in [-0.15, -0.1) is 0 Å². The summed E-state index contributed by atoms with van der Waals surface area (Å²) in [4.78, 5) is 4.10. The Labute approximate surface area is 129 Å². The summed E-state index contributed by atoms with van der Waals surface area (Å²) in [6, 6.07) is 3.60. The third kappa shape index (κ3) is 3.74. The molecule has 2 aromatic heterocycles. The van der Waals surface area contributed by atoms with E-state index in [-0.39, 0.29) is 5.11 Å². The summed E-state index contributed by atoms with van der Waals surface area (Å²) >= 11 is 8.44. The molecule has 0 aliphatic heterocycles. The van der Waals surface area contributed by atoms with Gasteiger partial charge in [0.1, 0.15) is 5.82 Å². The molecule has 0 aliphatic rings. The van der Waals surface area contributed by atoms with E-state index in [1.165, 1.54) is 12.4 Å². The van der Waals surface area contributed by atoms with Crippen LogP contribution in [0, 0.1) is 0 Å². The van der Waals surface area contributed by atoms with Crippen molar-refractivity contribution in [1.29, 1.82) is 0 Å². The smallest absolute Gasteiger partial charge is 0.250 e. The Morgan fingerprint density at radius 1 is 1.45 bits per heavy atom. The topological polar surface area (TPSA) is 88.9 Å². The fraction of sp³-hybridized carbons (Fsp3) is 0.100. The first-order chi connectivity index (χ1) is 9.36. The highest BCUT2D eigenvalue weighted by Crippen LogP contribution is 2.18. The number of nitrogens with zero attached hydrogens (tertiary/aromatic N) is 3. The van der Waals surface area contributed by atoms with Crippen molar-refractivity contribution in [3.05, 3.63) is 35.2 Å². The van der Waals surface area contributed by atoms with Crippen LogP contribution in [-0.2, 0) is 10.0 Å². The van der Waals surface area contributed by atoms with Gasteiger partial charge < -0.3 is 10.6 Å². The molecule has 0 saturated heterocycles. The molecule has 0 radical (unpaired) electrons. The molecule has 0 unspecified atom stereocenters. The van der Waals surface area contributed by atoms with Crippen LogP contribution in [0.25, 0.3) is 0 Å². The first-order valence-electron chi connectivity index (χ1n) is 5.30. The standard InChI is InChI=1S/C10H10BrN5O2S2/c1-20(17,18)16-6-7(5-13-16)14-10(19)15-9-8(11)3-2-4-12-9/h2-6H,1H3,(H2,12,14,15,19). The summed E-state index contributed by atoms with van der Waals surface area (Å²) in [7, 11) is -3.40. The molecule has 2 rings (SSSR count). The second kappa shape index (κ2) is 5.85. The van der Waals surface area contributed by atoms with E-state index in [1.54, 1.807) is 12.3 Å². The Morgan fingerprint density at radius 3 is 2.80 bits per heavy atom. The van der Waals surface area contributed by atoms with E-state index >= 15 is 0 Å². The lowest BCUT2D eigenvalue weighted by Gasteiger charge is -2.09. The maximum Gasteiger partial charge on any atom is 0.250 e. The number of halogens is 1. The number of nitrogens with one attached hydrogen (secondary N) is 2. The Balaban J connectivity index is 2.06. The van der Waals surface area contributed by atoms with Gasteiger partial charge in [-0.2, -0.15) is 9.19 Å². The molecule has 0 bridgehead atoms. The van der Waals surface area contributed by atoms with E-state index in [2.05, 4.69) is 36.6 Å². The first-order valence-corrected chi connectivity index (χ1v) is 8.35. The average Bonchev–Trinajstić information content (AvgIpc) is 2.80. The van der Waals surface area contributed by atoms with Crippen LogP contribution in [0.5, 0.6) is 0 Å². The van der Waals surface area contributed by atoms with Crippen LogP contribution in [0.1, 0.15) is 0 Å². The molecule has 2 N–H and O–H groups in total. The van der Waals surface area contributed by atoms with Gasteiger partial charge in [-0.25, -0.2) is 13.4 Å². The summed E-state index contributed by atoms with van der Waals surface area (Å²) in [5.41, 5.74) is 0.458. The molecule has 20 heavy (non-hydrogen) atoms. The Hall–Kier alpha value is -1.52. The molecule has 7 nitrogen and oxygen atoms in total. The minimum absolute atomic E-state index is 0.275. The van der Waals surface area contributed by atoms with Gasteiger partial charge >= 0.3 is 0 Å². The number of aromatic nitrogens is 3. The van der Waals surface area contributed by atoms with E-state index in [0.29, 0.717) is 11.5 Å². The lowest BCUT2D eigenvalue weighted by molar-refractivity contribution is 0.586. The zero-order valence-corrected chi connectivity index (χ0v) is 13.5. The van der Waals surface area contributed by atoms with E-state index in [0.717, 1.165) is 14.8 Å². The molecule has 0 aliphatic carbocycles. The highest BCUT2D eigenvalue weighted by molar-refractivity contribution is 9.10. The summed E-state index contributed by atoms with van der Waals surface area (Å²) < 4.78 is 24.2. The zero-order valence-electron chi connectivity index (χ0n) is 10.2. The van der Waals surface area contributed by atoms with Crippen LogP contribution in [0.2, 0.25) is 0 Å². The molecule has 0 spiro atoms. The number of pyridine rings is 1. The van der Waals surface area contributed by atoms with Crippen molar-refractivity contribution in [3.8, 4) is 0 Å². The molecule has 0 amide bonds. The van der Waals surface area contributed by atoms with Gasteiger partial charge in [-0.3, -0.25) is 0 Å². The number of hydrogen-bond acceptors (Lipinski definition) is 5. The Bertz CT molecular complexity index is 744. The Kier molecular flexibility index (Phi) is 4.35. The van der Waals surface area contributed by atoms with Gasteiger partial charge in [0.25, 0.3) is 10.0 Å². The second-order valence-electron chi connectivity index (χ2n) is 3.78. The van der Waals surface area contributed by atoms with E-state index in [1.807, 2.05) is 6.07 Å². The van der Waals surface area contributed by atoms with Crippen LogP contribution in [0.4, 0.5) is 11.5 Å². The molecule has 106 valence electrons. The van der Waals surface area contributed by atoms with Gasteiger partial charge in [-0.1, -0.05) is 0 Å². The van der Waals surface area contributed by atoms with Gasteiger partial charge in [0.05, 0.1) is 28.8 Å². The lowest BCUT2D eigenvalue weighted by Crippen LogP contribution is -2.19. The second-order valence-corrected chi connectivity index (χ2v) is 6.88. The molecule has 2 heterocycles. The number of hydrogen-bond donors (Lipinski definition) is 2. The van der Waals surface area contributed by atoms with Gasteiger partial charge in [0.2, 0.25) is 0 Å². The van der Waals surface area contributed by atoms with Gasteiger partial charge in [0.15, 0.2) is 5.11 Å². The summed E-state index contributed by atoms with van der Waals surface area (Å²) in [5.74, 6) is 0.556. The molecule has 0 saturated carbocycles. The van der Waals surface area contributed by atoms with Crippen molar-refractivity contribution < 1.29 is 8.42 Å².